The summed E-state index contributed by atoms with van der Waals surface area (Å²) in [4.78, 5) is 31.7. The van der Waals surface area contributed by atoms with Gasteiger partial charge in [0.25, 0.3) is 0 Å². The highest BCUT2D eigenvalue weighted by Gasteiger charge is 2.61. The van der Waals surface area contributed by atoms with Crippen LogP contribution in [0.3, 0.4) is 0 Å². The second kappa shape index (κ2) is 7.02. The number of rotatable bonds is 7. The van der Waals surface area contributed by atoms with E-state index >= 15 is 0 Å². The lowest BCUT2D eigenvalue weighted by atomic mass is 9.93. The number of likely N-dealkylation sites (tertiary alicyclic amines) is 1. The fraction of sp³-hybridized carbons (Fsp3) is 0.450. The number of benzene rings is 2. The monoisotopic (exact) mass is 389 g/mol. The van der Waals surface area contributed by atoms with Crippen LogP contribution in [-0.2, 0) is 19.3 Å². The quantitative estimate of drug-likeness (QED) is 0.561. The van der Waals surface area contributed by atoms with Crippen molar-refractivity contribution in [2.45, 2.75) is 31.1 Å². The van der Waals surface area contributed by atoms with Crippen molar-refractivity contribution in [2.75, 3.05) is 19.7 Å². The summed E-state index contributed by atoms with van der Waals surface area (Å²) in [5.41, 5.74) is 1.44. The zero-order chi connectivity index (χ0) is 19.1. The van der Waals surface area contributed by atoms with Crippen LogP contribution in [0.2, 0.25) is 0 Å². The van der Waals surface area contributed by atoms with Crippen LogP contribution >= 0.6 is 7.82 Å². The van der Waals surface area contributed by atoms with Gasteiger partial charge in [-0.2, -0.15) is 0 Å². The molecule has 2 aromatic rings. The van der Waals surface area contributed by atoms with E-state index < -0.39 is 7.82 Å². The molecular weight excluding hydrogens is 365 g/mol. The molecule has 1 amide bonds. The molecule has 144 valence electrons. The van der Waals surface area contributed by atoms with Gasteiger partial charge in [0.05, 0.1) is 6.61 Å². The first-order chi connectivity index (χ1) is 12.9. The Labute approximate surface area is 158 Å². The topological polar surface area (TPSA) is 87.1 Å². The third kappa shape index (κ3) is 3.94. The van der Waals surface area contributed by atoms with E-state index in [9.17, 15) is 9.36 Å². The number of phosphoric ester groups is 1. The summed E-state index contributed by atoms with van der Waals surface area (Å²) in [6, 6.07) is 15.0. The smallest absolute Gasteiger partial charge is 0.341 e. The van der Waals surface area contributed by atoms with Crippen LogP contribution in [0.1, 0.15) is 31.2 Å². The number of phosphoric acid groups is 1. The van der Waals surface area contributed by atoms with E-state index in [1.54, 1.807) is 0 Å². The Morgan fingerprint density at radius 3 is 2.74 bits per heavy atom. The molecule has 0 aromatic heterocycles. The summed E-state index contributed by atoms with van der Waals surface area (Å²) < 4.78 is 15.0. The molecule has 1 heterocycles. The van der Waals surface area contributed by atoms with Crippen molar-refractivity contribution >= 4 is 24.5 Å². The first-order valence-corrected chi connectivity index (χ1v) is 10.9. The molecule has 1 saturated heterocycles. The maximum absolute atomic E-state index is 12.5. The van der Waals surface area contributed by atoms with E-state index in [4.69, 9.17) is 9.79 Å². The minimum Gasteiger partial charge on any atom is -0.341 e. The molecular formula is C20H24NO5P. The fourth-order valence-electron chi connectivity index (χ4n) is 4.34. The normalized spacial score (nSPS) is 24.2. The summed E-state index contributed by atoms with van der Waals surface area (Å²) in [5, 5.41) is 2.48. The molecule has 0 spiro atoms. The largest absolute Gasteiger partial charge is 0.469 e. The highest BCUT2D eigenvalue weighted by atomic mass is 31.2. The highest BCUT2D eigenvalue weighted by molar-refractivity contribution is 7.46. The Bertz CT molecular complexity index is 910. The molecule has 1 saturated carbocycles. The van der Waals surface area contributed by atoms with Crippen molar-refractivity contribution in [3.05, 3.63) is 48.0 Å². The number of fused-ring (bicyclic) bond motifs is 2. The molecule has 0 bridgehead atoms. The van der Waals surface area contributed by atoms with Crippen molar-refractivity contribution < 1.29 is 23.7 Å². The number of amides is 1. The van der Waals surface area contributed by atoms with Gasteiger partial charge in [0.1, 0.15) is 0 Å². The maximum Gasteiger partial charge on any atom is 0.469 e. The summed E-state index contributed by atoms with van der Waals surface area (Å²) in [5.74, 6) is 0.666. The molecule has 7 heteroatoms. The SMILES string of the molecule is O=C(CCCCOP(=O)(O)O)N1C[C@H]2C[C@@]2(c2ccc3ccccc3c2)C1. The Kier molecular flexibility index (Phi) is 4.85. The number of hydrogen-bond donors (Lipinski definition) is 2. The molecule has 4 rings (SSSR count). The lowest BCUT2D eigenvalue weighted by molar-refractivity contribution is -0.130. The zero-order valence-electron chi connectivity index (χ0n) is 15.1. The third-order valence-corrected chi connectivity index (χ3v) is 6.39. The molecule has 2 fully saturated rings. The van der Waals surface area contributed by atoms with Crippen LogP contribution in [0, 0.1) is 5.92 Å². The average Bonchev–Trinajstić information content (AvgIpc) is 3.21. The lowest BCUT2D eigenvalue weighted by Crippen LogP contribution is -2.32. The Hall–Kier alpha value is -1.72. The first kappa shape index (κ1) is 18.6. The van der Waals surface area contributed by atoms with Crippen molar-refractivity contribution in [3.8, 4) is 0 Å². The molecule has 6 nitrogen and oxygen atoms in total. The van der Waals surface area contributed by atoms with Crippen molar-refractivity contribution in [1.29, 1.82) is 0 Å². The predicted octanol–water partition coefficient (Wildman–Crippen LogP) is 3.22. The third-order valence-electron chi connectivity index (χ3n) is 5.87. The van der Waals surface area contributed by atoms with Crippen molar-refractivity contribution in [1.82, 2.24) is 4.90 Å². The van der Waals surface area contributed by atoms with E-state index in [1.165, 1.54) is 16.3 Å². The minimum absolute atomic E-state index is 0.0266. The molecule has 2 aromatic carbocycles. The van der Waals surface area contributed by atoms with Gasteiger partial charge in [-0.15, -0.1) is 0 Å². The Morgan fingerprint density at radius 2 is 1.96 bits per heavy atom. The Balaban J connectivity index is 1.33. The van der Waals surface area contributed by atoms with Crippen LogP contribution in [0.5, 0.6) is 0 Å². The summed E-state index contributed by atoms with van der Waals surface area (Å²) in [7, 11) is -4.41. The van der Waals surface area contributed by atoms with Gasteiger partial charge in [-0.3, -0.25) is 9.32 Å². The van der Waals surface area contributed by atoms with E-state index in [2.05, 4.69) is 40.9 Å². The van der Waals surface area contributed by atoms with Gasteiger partial charge in [0.15, 0.2) is 0 Å². The number of nitrogens with zero attached hydrogens (tertiary/aromatic N) is 1. The van der Waals surface area contributed by atoms with Gasteiger partial charge in [-0.25, -0.2) is 4.57 Å². The number of carbonyl (C=O) groups is 1. The van der Waals surface area contributed by atoms with Crippen LogP contribution in [-0.4, -0.2) is 40.3 Å². The van der Waals surface area contributed by atoms with Crippen LogP contribution in [0.4, 0.5) is 0 Å². The predicted molar refractivity (Wildman–Crippen MR) is 102 cm³/mol. The zero-order valence-corrected chi connectivity index (χ0v) is 16.0. The minimum atomic E-state index is -4.41. The summed E-state index contributed by atoms with van der Waals surface area (Å²) in [6.45, 7) is 1.56. The molecule has 1 aliphatic heterocycles. The molecule has 0 unspecified atom stereocenters. The van der Waals surface area contributed by atoms with Gasteiger partial charge in [0, 0.05) is 24.9 Å². The van der Waals surface area contributed by atoms with Crippen LogP contribution < -0.4 is 0 Å². The highest BCUT2D eigenvalue weighted by Crippen LogP contribution is 2.59. The number of unbranched alkanes of at least 4 members (excludes halogenated alkanes) is 1. The fourth-order valence-corrected chi connectivity index (χ4v) is 4.71. The van der Waals surface area contributed by atoms with E-state index in [0.29, 0.717) is 25.2 Å². The second-order valence-electron chi connectivity index (χ2n) is 7.67. The van der Waals surface area contributed by atoms with Gasteiger partial charge in [0.2, 0.25) is 5.91 Å². The van der Waals surface area contributed by atoms with Gasteiger partial charge >= 0.3 is 7.82 Å². The Morgan fingerprint density at radius 1 is 1.19 bits per heavy atom. The van der Waals surface area contributed by atoms with Crippen molar-refractivity contribution in [3.63, 3.8) is 0 Å². The lowest BCUT2D eigenvalue weighted by Gasteiger charge is -2.22. The van der Waals surface area contributed by atoms with Crippen molar-refractivity contribution in [2.24, 2.45) is 5.92 Å². The van der Waals surface area contributed by atoms with E-state index in [1.807, 2.05) is 11.0 Å². The molecule has 2 N–H and O–H groups in total. The molecule has 2 aliphatic rings. The van der Waals surface area contributed by atoms with Gasteiger partial charge in [-0.05, 0) is 41.5 Å². The molecule has 2 atom stereocenters. The second-order valence-corrected chi connectivity index (χ2v) is 8.91. The van der Waals surface area contributed by atoms with Gasteiger partial charge < -0.3 is 14.7 Å². The number of carbonyl (C=O) groups excluding carboxylic acids is 1. The van der Waals surface area contributed by atoms with E-state index in [-0.39, 0.29) is 17.9 Å². The van der Waals surface area contributed by atoms with Gasteiger partial charge in [-0.1, -0.05) is 42.5 Å². The maximum atomic E-state index is 12.5. The average molecular weight is 389 g/mol. The number of piperidine rings is 1. The van der Waals surface area contributed by atoms with Crippen LogP contribution in [0.25, 0.3) is 10.8 Å². The summed E-state index contributed by atoms with van der Waals surface area (Å²) in [6.07, 6.45) is 2.57. The van der Waals surface area contributed by atoms with E-state index in [0.717, 1.165) is 19.5 Å². The molecule has 0 radical (unpaired) electrons. The molecule has 1 aliphatic carbocycles. The first-order valence-electron chi connectivity index (χ1n) is 9.35. The number of hydrogen-bond acceptors (Lipinski definition) is 3. The standard InChI is InChI=1S/C20H24NO5P/c22-19(7-3-4-10-26-27(23,24)25)21-13-18-12-20(18,14-21)17-9-8-15-5-1-2-6-16(15)11-17/h1-2,5-6,8-9,11,18H,3-4,7,10,12-14H2,(H2,23,24,25)/t18-,20+/m1/s1. The van der Waals surface area contributed by atoms with Crippen LogP contribution in [0.15, 0.2) is 42.5 Å². The molecule has 27 heavy (non-hydrogen) atoms. The summed E-state index contributed by atoms with van der Waals surface area (Å²) >= 11 is 0.